The second kappa shape index (κ2) is 18.3. The number of nitrogens with one attached hydrogen (secondary N) is 2. The lowest BCUT2D eigenvalue weighted by atomic mass is 9.93. The number of fused-ring (bicyclic) bond motifs is 2. The molecule has 0 aliphatic heterocycles. The molecule has 3 heterocycles. The van der Waals surface area contributed by atoms with Gasteiger partial charge in [-0.1, -0.05) is 60.7 Å². The number of para-hydroxylation sites is 2. The minimum absolute atomic E-state index is 0.266. The van der Waals surface area contributed by atoms with E-state index in [1.807, 2.05) is 116 Å². The lowest BCUT2D eigenvalue weighted by molar-refractivity contribution is -0.149. The highest BCUT2D eigenvalue weighted by Crippen LogP contribution is 2.57. The van der Waals surface area contributed by atoms with Crippen LogP contribution in [0.3, 0.4) is 0 Å². The molecule has 9 rings (SSSR count). The zero-order chi connectivity index (χ0) is 44.1. The summed E-state index contributed by atoms with van der Waals surface area (Å²) in [6.07, 6.45) is 3.83. The number of amides is 2. The van der Waals surface area contributed by atoms with Gasteiger partial charge in [0.25, 0.3) is 0 Å². The van der Waals surface area contributed by atoms with Crippen LogP contribution in [0.1, 0.15) is 51.5 Å². The molecular formula is C49H47N5O8S. The average molecular weight is 866 g/mol. The van der Waals surface area contributed by atoms with E-state index in [4.69, 9.17) is 24.6 Å². The predicted molar refractivity (Wildman–Crippen MR) is 236 cm³/mol. The van der Waals surface area contributed by atoms with Crippen LogP contribution in [0.2, 0.25) is 0 Å². The monoisotopic (exact) mass is 865 g/mol. The summed E-state index contributed by atoms with van der Waals surface area (Å²) in [4.78, 5) is 49.7. The van der Waals surface area contributed by atoms with Gasteiger partial charge >= 0.3 is 5.97 Å². The number of hydroxylamine groups is 2. The molecule has 4 aromatic carbocycles. The summed E-state index contributed by atoms with van der Waals surface area (Å²) in [6.45, 7) is 4.83. The van der Waals surface area contributed by atoms with Crippen LogP contribution in [0.25, 0.3) is 21.8 Å². The van der Waals surface area contributed by atoms with E-state index < -0.39 is 23.2 Å². The van der Waals surface area contributed by atoms with Gasteiger partial charge in [0.15, 0.2) is 0 Å². The van der Waals surface area contributed by atoms with Gasteiger partial charge in [-0.15, -0.1) is 11.3 Å². The third-order valence-electron chi connectivity index (χ3n) is 12.0. The van der Waals surface area contributed by atoms with Gasteiger partial charge in [0.05, 0.1) is 40.4 Å². The van der Waals surface area contributed by atoms with Crippen molar-refractivity contribution in [3.05, 3.63) is 159 Å². The largest absolute Gasteiger partial charge is 0.489 e. The number of aromatic nitrogens is 3. The van der Waals surface area contributed by atoms with E-state index in [0.717, 1.165) is 66.2 Å². The molecule has 2 aliphatic rings. The summed E-state index contributed by atoms with van der Waals surface area (Å²) < 4.78 is 17.0. The number of thiazole rings is 1. The van der Waals surface area contributed by atoms with Crippen molar-refractivity contribution in [3.8, 4) is 11.5 Å². The van der Waals surface area contributed by atoms with Crippen molar-refractivity contribution >= 4 is 50.9 Å². The van der Waals surface area contributed by atoms with Crippen molar-refractivity contribution in [1.29, 1.82) is 0 Å². The number of methoxy groups -OCH3 is 1. The first-order valence-electron chi connectivity index (χ1n) is 20.6. The minimum Gasteiger partial charge on any atom is -0.489 e. The molecule has 0 bridgehead atoms. The standard InChI is InChI=1S/C25H23N3O3S.C24H24N2O5/c1-16-12-18(20-4-2-3-5-22(20)27-16)15-31-19-8-6-17(7-9-19)13-25(24-26-10-11-32-24)14-21(25)23(29)28-30;1-15-11-17(19-5-3-4-6-21(19)25-15)14-31-18-9-7-16(8-10-18)12-24(23(28)30-2)13-20(24)22(27)26-29/h2-12,21,30H,13-15H2,1H3,(H,28,29);3-11,20,29H,12-14H2,1-2H3,(H,26,27)/t21-,25+;20-,24+/m10/s1. The molecule has 2 fully saturated rings. The number of carbonyl (C=O) groups excluding carboxylic acids is 3. The van der Waals surface area contributed by atoms with Gasteiger partial charge in [-0.2, -0.15) is 0 Å². The zero-order valence-corrected chi connectivity index (χ0v) is 35.9. The lowest BCUT2D eigenvalue weighted by Crippen LogP contribution is -2.30. The summed E-state index contributed by atoms with van der Waals surface area (Å²) in [7, 11) is 1.30. The first-order valence-corrected chi connectivity index (χ1v) is 21.4. The molecule has 63 heavy (non-hydrogen) atoms. The molecule has 2 amide bonds. The van der Waals surface area contributed by atoms with E-state index in [-0.39, 0.29) is 17.2 Å². The number of benzene rings is 4. The van der Waals surface area contributed by atoms with Gasteiger partial charge < -0.3 is 14.2 Å². The number of aryl methyl sites for hydroxylation is 2. The van der Waals surface area contributed by atoms with E-state index >= 15 is 0 Å². The van der Waals surface area contributed by atoms with Crippen molar-refractivity contribution < 1.29 is 39.0 Å². The Kier molecular flexibility index (Phi) is 12.5. The normalized spacial score (nSPS) is 19.6. The zero-order valence-electron chi connectivity index (χ0n) is 35.0. The molecule has 14 heteroatoms. The van der Waals surface area contributed by atoms with Crippen LogP contribution in [0.4, 0.5) is 0 Å². The minimum atomic E-state index is -0.933. The van der Waals surface area contributed by atoms with E-state index in [9.17, 15) is 14.4 Å². The van der Waals surface area contributed by atoms with Crippen molar-refractivity contribution in [3.63, 3.8) is 0 Å². The van der Waals surface area contributed by atoms with Crippen LogP contribution >= 0.6 is 11.3 Å². The molecule has 0 spiro atoms. The number of nitrogens with zero attached hydrogens (tertiary/aromatic N) is 3. The highest BCUT2D eigenvalue weighted by atomic mass is 32.1. The Labute approximate surface area is 368 Å². The number of hydrogen-bond donors (Lipinski definition) is 4. The number of rotatable bonds is 14. The fourth-order valence-electron chi connectivity index (χ4n) is 8.61. The molecule has 0 radical (unpaired) electrons. The van der Waals surface area contributed by atoms with E-state index in [1.54, 1.807) is 28.5 Å². The second-order valence-corrected chi connectivity index (χ2v) is 17.1. The Bertz CT molecular complexity index is 2770. The Hall–Kier alpha value is -6.74. The molecule has 322 valence electrons. The van der Waals surface area contributed by atoms with Crippen molar-refractivity contribution in [2.24, 2.45) is 17.3 Å². The molecule has 7 aromatic rings. The first-order chi connectivity index (χ1) is 30.5. The fraction of sp³-hybridized carbons (Fsp3) is 0.265. The molecule has 4 atom stereocenters. The summed E-state index contributed by atoms with van der Waals surface area (Å²) in [5.74, 6) is -0.723. The molecule has 0 saturated heterocycles. The van der Waals surface area contributed by atoms with Gasteiger partial charge in [-0.25, -0.2) is 15.9 Å². The Morgan fingerprint density at radius 1 is 0.698 bits per heavy atom. The maximum atomic E-state index is 12.3. The van der Waals surface area contributed by atoms with E-state index in [0.29, 0.717) is 44.6 Å². The Morgan fingerprint density at radius 2 is 1.21 bits per heavy atom. The van der Waals surface area contributed by atoms with Crippen LogP contribution in [-0.2, 0) is 50.6 Å². The lowest BCUT2D eigenvalue weighted by Gasteiger charge is -2.15. The maximum absolute atomic E-state index is 12.3. The quantitative estimate of drug-likeness (QED) is 0.0473. The number of pyridine rings is 2. The van der Waals surface area contributed by atoms with Gasteiger partial charge in [-0.3, -0.25) is 34.8 Å². The third-order valence-corrected chi connectivity index (χ3v) is 13.0. The van der Waals surface area contributed by atoms with Crippen LogP contribution in [-0.4, -0.2) is 50.3 Å². The number of hydrogen-bond acceptors (Lipinski definition) is 12. The second-order valence-electron chi connectivity index (χ2n) is 16.2. The molecule has 4 N–H and O–H groups in total. The van der Waals surface area contributed by atoms with Gasteiger partial charge in [0.2, 0.25) is 11.8 Å². The predicted octanol–water partition coefficient (Wildman–Crippen LogP) is 7.93. The Morgan fingerprint density at radius 3 is 1.70 bits per heavy atom. The molecule has 13 nitrogen and oxygen atoms in total. The number of carbonyl (C=O) groups is 3. The van der Waals surface area contributed by atoms with E-state index in [1.165, 1.54) is 7.11 Å². The van der Waals surface area contributed by atoms with Crippen LogP contribution in [0.15, 0.2) is 121 Å². The van der Waals surface area contributed by atoms with Crippen molar-refractivity contribution in [2.45, 2.75) is 58.2 Å². The molecule has 3 aromatic heterocycles. The molecule has 2 saturated carbocycles. The number of ether oxygens (including phenoxy) is 3. The highest BCUT2D eigenvalue weighted by molar-refractivity contribution is 7.09. The van der Waals surface area contributed by atoms with Crippen LogP contribution < -0.4 is 20.4 Å². The molecule has 0 unspecified atom stereocenters. The highest BCUT2D eigenvalue weighted by Gasteiger charge is 2.64. The van der Waals surface area contributed by atoms with Gasteiger partial charge in [0.1, 0.15) is 24.7 Å². The first kappa shape index (κ1) is 42.9. The maximum Gasteiger partial charge on any atom is 0.312 e. The fourth-order valence-corrected chi connectivity index (χ4v) is 9.52. The summed E-state index contributed by atoms with van der Waals surface area (Å²) in [6, 6.07) is 35.6. The van der Waals surface area contributed by atoms with Crippen molar-refractivity contribution in [1.82, 2.24) is 25.9 Å². The topological polar surface area (TPSA) is 182 Å². The molecule has 2 aliphatic carbocycles. The van der Waals surface area contributed by atoms with Crippen molar-refractivity contribution in [2.75, 3.05) is 7.11 Å². The van der Waals surface area contributed by atoms with Crippen LogP contribution in [0.5, 0.6) is 11.5 Å². The van der Waals surface area contributed by atoms with Gasteiger partial charge in [-0.05, 0) is 99.2 Å². The smallest absolute Gasteiger partial charge is 0.312 e. The summed E-state index contributed by atoms with van der Waals surface area (Å²) in [5, 5.41) is 23.0. The van der Waals surface area contributed by atoms with Crippen LogP contribution in [0, 0.1) is 31.1 Å². The third kappa shape index (κ3) is 9.24. The summed E-state index contributed by atoms with van der Waals surface area (Å²) >= 11 is 1.55. The SMILES string of the molecule is COC(=O)[C@]1(Cc2ccc(OCc3cc(C)nc4ccccc34)cc2)C[C@H]1C(=O)NO.Cc1cc(COc2ccc(C[C@]3(c4nccs4)C[C@@H]3C(=O)NO)cc2)c2ccccc2n1. The molecular weight excluding hydrogens is 819 g/mol. The number of esters is 1. The average Bonchev–Trinajstić information content (AvgIpc) is 4.15. The summed E-state index contributed by atoms with van der Waals surface area (Å²) in [5.41, 5.74) is 10.1. The Balaban J connectivity index is 0.000000173. The van der Waals surface area contributed by atoms with E-state index in [2.05, 4.69) is 27.1 Å². The van der Waals surface area contributed by atoms with Gasteiger partial charge in [0, 0.05) is 50.3 Å².